The molecule has 0 bridgehead atoms. The third-order valence-corrected chi connectivity index (χ3v) is 5.37. The molecular weight excluding hydrogens is 262 g/mol. The van der Waals surface area contributed by atoms with E-state index < -0.39 is 0 Å². The molecule has 2 unspecified atom stereocenters. The van der Waals surface area contributed by atoms with Crippen LogP contribution in [-0.4, -0.2) is 55.2 Å². The Bertz CT molecular complexity index is 529. The molecule has 21 heavy (non-hydrogen) atoms. The minimum absolute atomic E-state index is 0.0920. The van der Waals surface area contributed by atoms with Crippen LogP contribution in [0.5, 0.6) is 5.75 Å². The van der Waals surface area contributed by atoms with E-state index in [0.717, 1.165) is 31.8 Å². The fourth-order valence-corrected chi connectivity index (χ4v) is 3.67. The van der Waals surface area contributed by atoms with Gasteiger partial charge in [-0.1, -0.05) is 6.07 Å². The summed E-state index contributed by atoms with van der Waals surface area (Å²) in [6.45, 7) is 7.91. The number of nitrogens with zero attached hydrogens (tertiary/aromatic N) is 2. The van der Waals surface area contributed by atoms with Crippen molar-refractivity contribution < 1.29 is 4.74 Å². The average molecular weight is 289 g/mol. The summed E-state index contributed by atoms with van der Waals surface area (Å²) in [5.41, 5.74) is 9.41. The fourth-order valence-electron chi connectivity index (χ4n) is 3.67. The monoisotopic (exact) mass is 289 g/mol. The first-order valence-corrected chi connectivity index (χ1v) is 7.80. The summed E-state index contributed by atoms with van der Waals surface area (Å²) in [4.78, 5) is 5.03. The third kappa shape index (κ3) is 2.56. The van der Waals surface area contributed by atoms with Gasteiger partial charge in [-0.2, -0.15) is 0 Å². The first kappa shape index (κ1) is 14.8. The molecule has 0 spiro atoms. The minimum Gasteiger partial charge on any atom is -0.497 e. The number of nitrogens with two attached hydrogens (primary N) is 1. The molecule has 0 saturated carbocycles. The highest BCUT2D eigenvalue weighted by atomic mass is 16.5. The second kappa shape index (κ2) is 5.27. The summed E-state index contributed by atoms with van der Waals surface area (Å²) in [7, 11) is 3.92. The zero-order valence-electron chi connectivity index (χ0n) is 13.6. The average Bonchev–Trinajstić information content (AvgIpc) is 2.78. The van der Waals surface area contributed by atoms with E-state index in [1.807, 2.05) is 6.07 Å². The van der Waals surface area contributed by atoms with E-state index in [2.05, 4.69) is 42.8 Å². The first-order valence-electron chi connectivity index (χ1n) is 7.80. The molecule has 0 radical (unpaired) electrons. The van der Waals surface area contributed by atoms with Gasteiger partial charge in [0.15, 0.2) is 0 Å². The van der Waals surface area contributed by atoms with Crippen LogP contribution >= 0.6 is 0 Å². The van der Waals surface area contributed by atoms with Gasteiger partial charge in [-0.15, -0.1) is 0 Å². The number of benzene rings is 1. The molecule has 116 valence electrons. The number of hydrogen-bond acceptors (Lipinski definition) is 4. The Balaban J connectivity index is 1.80. The summed E-state index contributed by atoms with van der Waals surface area (Å²) in [6, 6.07) is 6.84. The van der Waals surface area contributed by atoms with Crippen LogP contribution in [-0.2, 0) is 6.42 Å². The first-order chi connectivity index (χ1) is 9.92. The minimum atomic E-state index is 0.0920. The Morgan fingerprint density at radius 1 is 1.29 bits per heavy atom. The summed E-state index contributed by atoms with van der Waals surface area (Å²) in [5, 5.41) is 0. The molecule has 4 nitrogen and oxygen atoms in total. The van der Waals surface area contributed by atoms with Gasteiger partial charge in [-0.25, -0.2) is 0 Å². The van der Waals surface area contributed by atoms with E-state index in [9.17, 15) is 0 Å². The van der Waals surface area contributed by atoms with Crippen molar-refractivity contribution in [3.63, 3.8) is 0 Å². The van der Waals surface area contributed by atoms with Crippen molar-refractivity contribution in [1.29, 1.82) is 0 Å². The maximum Gasteiger partial charge on any atom is 0.119 e. The normalized spacial score (nSPS) is 29.4. The Morgan fingerprint density at radius 2 is 2.05 bits per heavy atom. The number of hydrogen-bond donors (Lipinski definition) is 1. The Kier molecular flexibility index (Phi) is 3.72. The third-order valence-electron chi connectivity index (χ3n) is 5.37. The van der Waals surface area contributed by atoms with Gasteiger partial charge < -0.3 is 10.5 Å². The van der Waals surface area contributed by atoms with Gasteiger partial charge in [0.1, 0.15) is 5.75 Å². The molecule has 1 aliphatic heterocycles. The number of rotatable bonds is 2. The molecule has 1 heterocycles. The smallest absolute Gasteiger partial charge is 0.119 e. The molecule has 3 rings (SSSR count). The Morgan fingerprint density at radius 3 is 2.71 bits per heavy atom. The van der Waals surface area contributed by atoms with Crippen LogP contribution in [0.1, 0.15) is 31.0 Å². The van der Waals surface area contributed by atoms with Crippen molar-refractivity contribution in [3.05, 3.63) is 29.3 Å². The van der Waals surface area contributed by atoms with E-state index in [0.29, 0.717) is 6.04 Å². The number of likely N-dealkylation sites (N-methyl/N-ethyl adjacent to an activating group) is 1. The topological polar surface area (TPSA) is 41.7 Å². The SMILES string of the molecule is COc1ccc2c(c1)C(N)C(N1CCN(C)C(C)(C)C1)C2. The number of methoxy groups -OCH3 is 1. The standard InChI is InChI=1S/C17H27N3O/c1-17(2)11-20(8-7-19(17)3)15-9-12-5-6-13(21-4)10-14(12)16(15)18/h5-6,10,15-16H,7-9,11,18H2,1-4H3. The summed E-state index contributed by atoms with van der Waals surface area (Å²) >= 11 is 0. The molecule has 1 aliphatic carbocycles. The van der Waals surface area contributed by atoms with Gasteiger partial charge in [0.25, 0.3) is 0 Å². The van der Waals surface area contributed by atoms with Crippen molar-refractivity contribution in [2.75, 3.05) is 33.8 Å². The Labute approximate surface area is 127 Å². The largest absolute Gasteiger partial charge is 0.497 e. The van der Waals surface area contributed by atoms with E-state index >= 15 is 0 Å². The summed E-state index contributed by atoms with van der Waals surface area (Å²) < 4.78 is 5.34. The number of ether oxygens (including phenoxy) is 1. The van der Waals surface area contributed by atoms with E-state index in [1.165, 1.54) is 11.1 Å². The molecule has 0 aromatic heterocycles. The maximum absolute atomic E-state index is 6.56. The molecular formula is C17H27N3O. The van der Waals surface area contributed by atoms with Gasteiger partial charge >= 0.3 is 0 Å². The molecule has 2 aliphatic rings. The lowest BCUT2D eigenvalue weighted by Gasteiger charge is -2.48. The van der Waals surface area contributed by atoms with Gasteiger partial charge in [0, 0.05) is 37.3 Å². The van der Waals surface area contributed by atoms with Crippen molar-refractivity contribution in [1.82, 2.24) is 9.80 Å². The predicted molar refractivity (Wildman–Crippen MR) is 85.7 cm³/mol. The second-order valence-electron chi connectivity index (χ2n) is 7.07. The fraction of sp³-hybridized carbons (Fsp3) is 0.647. The molecule has 2 atom stereocenters. The second-order valence-corrected chi connectivity index (χ2v) is 7.07. The predicted octanol–water partition coefficient (Wildman–Crippen LogP) is 1.65. The van der Waals surface area contributed by atoms with Gasteiger partial charge in [0.05, 0.1) is 7.11 Å². The van der Waals surface area contributed by atoms with Crippen molar-refractivity contribution in [3.8, 4) is 5.75 Å². The lowest BCUT2D eigenvalue weighted by atomic mass is 9.96. The van der Waals surface area contributed by atoms with Gasteiger partial charge in [-0.05, 0) is 50.6 Å². The molecule has 1 aromatic carbocycles. The summed E-state index contributed by atoms with van der Waals surface area (Å²) in [6.07, 6.45) is 1.06. The van der Waals surface area contributed by atoms with E-state index in [4.69, 9.17) is 10.5 Å². The quantitative estimate of drug-likeness (QED) is 0.899. The molecule has 1 saturated heterocycles. The van der Waals surface area contributed by atoms with Gasteiger partial charge in [-0.3, -0.25) is 9.80 Å². The van der Waals surface area contributed by atoms with Crippen molar-refractivity contribution in [2.45, 2.75) is 37.9 Å². The van der Waals surface area contributed by atoms with Crippen LogP contribution in [0.15, 0.2) is 18.2 Å². The highest BCUT2D eigenvalue weighted by Crippen LogP contribution is 2.36. The zero-order valence-corrected chi connectivity index (χ0v) is 13.6. The van der Waals surface area contributed by atoms with Crippen LogP contribution in [0.3, 0.4) is 0 Å². The molecule has 4 heteroatoms. The van der Waals surface area contributed by atoms with Crippen molar-refractivity contribution >= 4 is 0 Å². The number of piperazine rings is 1. The lowest BCUT2D eigenvalue weighted by Crippen LogP contribution is -2.60. The van der Waals surface area contributed by atoms with Crippen LogP contribution < -0.4 is 10.5 Å². The van der Waals surface area contributed by atoms with E-state index in [1.54, 1.807) is 7.11 Å². The molecule has 1 fully saturated rings. The van der Waals surface area contributed by atoms with Crippen LogP contribution in [0.25, 0.3) is 0 Å². The highest BCUT2D eigenvalue weighted by molar-refractivity contribution is 5.42. The lowest BCUT2D eigenvalue weighted by molar-refractivity contribution is 0.0133. The van der Waals surface area contributed by atoms with Crippen LogP contribution in [0.4, 0.5) is 0 Å². The Hall–Kier alpha value is -1.10. The van der Waals surface area contributed by atoms with Crippen LogP contribution in [0.2, 0.25) is 0 Å². The molecule has 1 aromatic rings. The highest BCUT2D eigenvalue weighted by Gasteiger charge is 2.39. The van der Waals surface area contributed by atoms with Gasteiger partial charge in [0.2, 0.25) is 0 Å². The summed E-state index contributed by atoms with van der Waals surface area (Å²) in [5.74, 6) is 0.906. The van der Waals surface area contributed by atoms with E-state index in [-0.39, 0.29) is 11.6 Å². The molecule has 2 N–H and O–H groups in total. The van der Waals surface area contributed by atoms with Crippen molar-refractivity contribution in [2.24, 2.45) is 5.73 Å². The maximum atomic E-state index is 6.56. The molecule has 0 amide bonds. The number of fused-ring (bicyclic) bond motifs is 1. The zero-order chi connectivity index (χ0) is 15.2. The van der Waals surface area contributed by atoms with Crippen LogP contribution in [0, 0.1) is 0 Å².